The molecule has 1 fully saturated rings. The lowest BCUT2D eigenvalue weighted by Gasteiger charge is -2.35. The van der Waals surface area contributed by atoms with Gasteiger partial charge in [0.15, 0.2) is 11.5 Å². The van der Waals surface area contributed by atoms with Gasteiger partial charge in [-0.05, 0) is 41.0 Å². The van der Waals surface area contributed by atoms with E-state index in [0.29, 0.717) is 24.5 Å². The average molecular weight is 501 g/mol. The van der Waals surface area contributed by atoms with E-state index in [0.717, 1.165) is 49.6 Å². The third-order valence-electron chi connectivity index (χ3n) is 7.20. The lowest BCUT2D eigenvalue weighted by atomic mass is 9.98. The lowest BCUT2D eigenvalue weighted by Crippen LogP contribution is -2.49. The van der Waals surface area contributed by atoms with Gasteiger partial charge in [-0.3, -0.25) is 14.6 Å². The second-order valence-electron chi connectivity index (χ2n) is 9.66. The van der Waals surface area contributed by atoms with E-state index in [1.54, 1.807) is 17.1 Å². The van der Waals surface area contributed by atoms with Gasteiger partial charge in [0.25, 0.3) is 5.91 Å². The molecule has 3 aliphatic heterocycles. The molecule has 1 atom stereocenters. The molecule has 0 bridgehead atoms. The fraction of sp³-hybridized carbons (Fsp3) is 0.310. The first-order chi connectivity index (χ1) is 18.1. The molecule has 0 aromatic heterocycles. The number of rotatable bonds is 6. The van der Waals surface area contributed by atoms with Crippen molar-refractivity contribution in [2.75, 3.05) is 39.5 Å². The van der Waals surface area contributed by atoms with Crippen molar-refractivity contribution in [1.29, 1.82) is 0 Å². The molecule has 190 valence electrons. The summed E-state index contributed by atoms with van der Waals surface area (Å²) in [4.78, 5) is 18.2. The van der Waals surface area contributed by atoms with E-state index in [-0.39, 0.29) is 24.6 Å². The normalized spacial score (nSPS) is 19.8. The molecule has 37 heavy (non-hydrogen) atoms. The minimum Gasteiger partial charge on any atom is -0.454 e. The topological polar surface area (TPSA) is 57.6 Å². The predicted octanol–water partition coefficient (Wildman–Crippen LogP) is 4.05. The molecule has 0 spiro atoms. The van der Waals surface area contributed by atoms with Crippen molar-refractivity contribution in [3.63, 3.8) is 0 Å². The number of benzene rings is 3. The minimum atomic E-state index is -0.297. The van der Waals surface area contributed by atoms with Crippen LogP contribution in [-0.2, 0) is 11.3 Å². The molecule has 1 saturated heterocycles. The summed E-state index contributed by atoms with van der Waals surface area (Å²) in [5.41, 5.74) is 3.82. The number of fused-ring (bicyclic) bond motifs is 1. The number of carbonyl (C=O) groups is 1. The molecule has 0 unspecified atom stereocenters. The highest BCUT2D eigenvalue weighted by Crippen LogP contribution is 2.39. The molecule has 0 aliphatic carbocycles. The van der Waals surface area contributed by atoms with Gasteiger partial charge in [0.05, 0.1) is 18.3 Å². The van der Waals surface area contributed by atoms with E-state index >= 15 is 0 Å². The SMILES string of the molecule is O=C(CN1CCN(Cc2ccccc2)CC1)N1N=C(c2ccc(F)cc2)C[C@H]1c1ccc2c(c1)OCO2. The van der Waals surface area contributed by atoms with Crippen molar-refractivity contribution in [3.05, 3.63) is 95.3 Å². The van der Waals surface area contributed by atoms with Gasteiger partial charge in [0, 0.05) is 39.1 Å². The highest BCUT2D eigenvalue weighted by Gasteiger charge is 2.35. The fourth-order valence-corrected chi connectivity index (χ4v) is 5.15. The summed E-state index contributed by atoms with van der Waals surface area (Å²) in [6.45, 7) is 4.91. The summed E-state index contributed by atoms with van der Waals surface area (Å²) in [5, 5.41) is 6.35. The predicted molar refractivity (Wildman–Crippen MR) is 138 cm³/mol. The maximum atomic E-state index is 13.6. The zero-order chi connectivity index (χ0) is 25.2. The van der Waals surface area contributed by atoms with Crippen LogP contribution in [0.25, 0.3) is 0 Å². The summed E-state index contributed by atoms with van der Waals surface area (Å²) < 4.78 is 24.6. The number of carbonyl (C=O) groups excluding carboxylic acids is 1. The Kier molecular flexibility index (Phi) is 6.59. The summed E-state index contributed by atoms with van der Waals surface area (Å²) >= 11 is 0. The molecule has 0 radical (unpaired) electrons. The Morgan fingerprint density at radius 3 is 2.41 bits per heavy atom. The summed E-state index contributed by atoms with van der Waals surface area (Å²) in [5.74, 6) is 1.03. The Morgan fingerprint density at radius 2 is 1.62 bits per heavy atom. The zero-order valence-corrected chi connectivity index (χ0v) is 20.6. The first kappa shape index (κ1) is 23.6. The van der Waals surface area contributed by atoms with E-state index in [1.165, 1.54) is 17.7 Å². The third-order valence-corrected chi connectivity index (χ3v) is 7.20. The number of nitrogens with zero attached hydrogens (tertiary/aromatic N) is 4. The number of hydrazone groups is 1. The van der Waals surface area contributed by atoms with Crippen LogP contribution in [0.15, 0.2) is 77.9 Å². The molecular weight excluding hydrogens is 471 g/mol. The van der Waals surface area contributed by atoms with Crippen LogP contribution in [0.2, 0.25) is 0 Å². The number of hydrogen-bond donors (Lipinski definition) is 0. The number of piperazine rings is 1. The maximum absolute atomic E-state index is 13.6. The van der Waals surface area contributed by atoms with Crippen molar-refractivity contribution in [3.8, 4) is 11.5 Å². The van der Waals surface area contributed by atoms with Crippen molar-refractivity contribution in [2.45, 2.75) is 19.0 Å². The minimum absolute atomic E-state index is 0.0451. The van der Waals surface area contributed by atoms with Gasteiger partial charge in [0.2, 0.25) is 6.79 Å². The fourth-order valence-electron chi connectivity index (χ4n) is 5.15. The third kappa shape index (κ3) is 5.21. The molecule has 3 aromatic carbocycles. The van der Waals surface area contributed by atoms with Gasteiger partial charge in [-0.2, -0.15) is 5.10 Å². The van der Waals surface area contributed by atoms with Gasteiger partial charge in [0.1, 0.15) is 5.82 Å². The van der Waals surface area contributed by atoms with Crippen molar-refractivity contribution < 1.29 is 18.7 Å². The highest BCUT2D eigenvalue weighted by molar-refractivity contribution is 6.03. The molecule has 3 aromatic rings. The number of hydrogen-bond acceptors (Lipinski definition) is 6. The second-order valence-corrected chi connectivity index (χ2v) is 9.66. The van der Waals surface area contributed by atoms with Gasteiger partial charge in [-0.25, -0.2) is 9.40 Å². The van der Waals surface area contributed by atoms with E-state index in [2.05, 4.69) is 34.1 Å². The maximum Gasteiger partial charge on any atom is 0.257 e. The Bertz CT molecular complexity index is 1290. The van der Waals surface area contributed by atoms with Crippen LogP contribution < -0.4 is 9.47 Å². The standard InChI is InChI=1S/C29H29FN4O3/c30-24-9-6-22(7-10-24)25-17-26(23-8-11-27-28(16-23)37-20-36-27)34(31-25)29(35)19-33-14-12-32(13-15-33)18-21-4-2-1-3-5-21/h1-11,16,26H,12-15,17-20H2/t26-/m0/s1. The second kappa shape index (κ2) is 10.3. The van der Waals surface area contributed by atoms with Crippen LogP contribution in [0.3, 0.4) is 0 Å². The molecule has 3 aliphatic rings. The monoisotopic (exact) mass is 500 g/mol. The van der Waals surface area contributed by atoms with E-state index in [9.17, 15) is 9.18 Å². The number of amides is 1. The zero-order valence-electron chi connectivity index (χ0n) is 20.6. The summed E-state index contributed by atoms with van der Waals surface area (Å²) in [7, 11) is 0. The largest absolute Gasteiger partial charge is 0.454 e. The molecule has 3 heterocycles. The van der Waals surface area contributed by atoms with E-state index in [4.69, 9.17) is 14.6 Å². The van der Waals surface area contributed by atoms with E-state index in [1.807, 2.05) is 24.3 Å². The van der Waals surface area contributed by atoms with Gasteiger partial charge < -0.3 is 9.47 Å². The lowest BCUT2D eigenvalue weighted by molar-refractivity contribution is -0.134. The van der Waals surface area contributed by atoms with Crippen molar-refractivity contribution in [2.24, 2.45) is 5.10 Å². The summed E-state index contributed by atoms with van der Waals surface area (Å²) in [6, 6.07) is 22.2. The van der Waals surface area contributed by atoms with Crippen LogP contribution in [0, 0.1) is 5.82 Å². The first-order valence-corrected chi connectivity index (χ1v) is 12.7. The quantitative estimate of drug-likeness (QED) is 0.511. The van der Waals surface area contributed by atoms with Crippen LogP contribution in [0.4, 0.5) is 4.39 Å². The Morgan fingerprint density at radius 1 is 0.892 bits per heavy atom. The average Bonchev–Trinajstić information content (AvgIpc) is 3.58. The molecular formula is C29H29FN4O3. The van der Waals surface area contributed by atoms with Crippen molar-refractivity contribution >= 4 is 11.6 Å². The van der Waals surface area contributed by atoms with Crippen LogP contribution in [0.1, 0.15) is 29.2 Å². The molecule has 7 nitrogen and oxygen atoms in total. The molecule has 1 amide bonds. The van der Waals surface area contributed by atoms with Gasteiger partial charge in [-0.1, -0.05) is 48.5 Å². The van der Waals surface area contributed by atoms with Crippen LogP contribution >= 0.6 is 0 Å². The highest BCUT2D eigenvalue weighted by atomic mass is 19.1. The van der Waals surface area contributed by atoms with Crippen molar-refractivity contribution in [1.82, 2.24) is 14.8 Å². The Balaban J connectivity index is 1.16. The van der Waals surface area contributed by atoms with Gasteiger partial charge in [-0.15, -0.1) is 0 Å². The first-order valence-electron chi connectivity index (χ1n) is 12.7. The van der Waals surface area contributed by atoms with E-state index < -0.39 is 0 Å². The molecule has 0 N–H and O–H groups in total. The van der Waals surface area contributed by atoms with Gasteiger partial charge >= 0.3 is 0 Å². The number of ether oxygens (including phenoxy) is 2. The smallest absolute Gasteiger partial charge is 0.257 e. The molecule has 0 saturated carbocycles. The Labute approximate surface area is 215 Å². The van der Waals surface area contributed by atoms with Crippen LogP contribution in [0.5, 0.6) is 11.5 Å². The summed E-state index contributed by atoms with van der Waals surface area (Å²) in [6.07, 6.45) is 0.544. The molecule has 8 heteroatoms. The van der Waals surface area contributed by atoms with Crippen LogP contribution in [-0.4, -0.2) is 65.9 Å². The number of halogens is 1. The molecule has 6 rings (SSSR count). The Hall–Kier alpha value is -3.75.